The minimum Gasteiger partial charge on any atom is -0.487 e. The van der Waals surface area contributed by atoms with Crippen molar-refractivity contribution in [2.75, 3.05) is 11.9 Å². The summed E-state index contributed by atoms with van der Waals surface area (Å²) >= 11 is 1.42. The van der Waals surface area contributed by atoms with Gasteiger partial charge in [-0.25, -0.2) is 4.98 Å². The van der Waals surface area contributed by atoms with Crippen LogP contribution in [0.25, 0.3) is 4.96 Å². The van der Waals surface area contributed by atoms with Crippen LogP contribution in [0, 0.1) is 12.8 Å². The molecule has 0 atom stereocenters. The van der Waals surface area contributed by atoms with E-state index in [-0.39, 0.29) is 24.7 Å². The molecule has 9 heteroatoms. The Morgan fingerprint density at radius 2 is 1.74 bits per heavy atom. The second-order valence-electron chi connectivity index (χ2n) is 8.34. The maximum absolute atomic E-state index is 12.4. The summed E-state index contributed by atoms with van der Waals surface area (Å²) in [6.07, 6.45) is 0.806. The number of ether oxygens (including phenoxy) is 2. The summed E-state index contributed by atoms with van der Waals surface area (Å²) in [7, 11) is 0. The van der Waals surface area contributed by atoms with Gasteiger partial charge in [-0.2, -0.15) is 9.61 Å². The molecular weight excluding hydrogens is 452 g/mol. The van der Waals surface area contributed by atoms with Gasteiger partial charge in [0.25, 0.3) is 11.5 Å². The van der Waals surface area contributed by atoms with Crippen molar-refractivity contribution in [3.05, 3.63) is 81.2 Å². The van der Waals surface area contributed by atoms with E-state index in [2.05, 4.69) is 29.2 Å². The number of benzene rings is 2. The first-order chi connectivity index (χ1) is 16.4. The normalized spacial score (nSPS) is 11.1. The summed E-state index contributed by atoms with van der Waals surface area (Å²) in [5.74, 6) is 1.44. The molecule has 0 saturated carbocycles. The molecule has 176 valence electrons. The molecule has 0 radical (unpaired) electrons. The van der Waals surface area contributed by atoms with Crippen LogP contribution in [0.2, 0.25) is 0 Å². The lowest BCUT2D eigenvalue weighted by atomic mass is 10.1. The summed E-state index contributed by atoms with van der Waals surface area (Å²) in [5.41, 5.74) is 2.07. The SMILES string of the molecule is Cc1ccc(OCC(=O)Nc2ccc(OCc3cc(=O)n4nc(CC(C)C)sc4n3)cc2)cc1. The highest BCUT2D eigenvalue weighted by Crippen LogP contribution is 2.19. The summed E-state index contributed by atoms with van der Waals surface area (Å²) in [6, 6.07) is 15.9. The number of nitrogens with zero attached hydrogens (tertiary/aromatic N) is 3. The van der Waals surface area contributed by atoms with Crippen molar-refractivity contribution >= 4 is 27.9 Å². The van der Waals surface area contributed by atoms with Crippen LogP contribution < -0.4 is 20.3 Å². The Morgan fingerprint density at radius 1 is 1.06 bits per heavy atom. The van der Waals surface area contributed by atoms with E-state index in [1.165, 1.54) is 21.9 Å². The zero-order valence-electron chi connectivity index (χ0n) is 19.3. The minimum atomic E-state index is -0.256. The van der Waals surface area contributed by atoms with Gasteiger partial charge in [0.1, 0.15) is 23.1 Å². The number of aryl methyl sites for hydroxylation is 1. The molecule has 34 heavy (non-hydrogen) atoms. The molecular formula is C25H26N4O4S. The average molecular weight is 479 g/mol. The third-order valence-electron chi connectivity index (χ3n) is 4.84. The van der Waals surface area contributed by atoms with Gasteiger partial charge in [-0.05, 0) is 49.2 Å². The number of nitrogens with one attached hydrogen (secondary N) is 1. The summed E-state index contributed by atoms with van der Waals surface area (Å²) in [5, 5.41) is 8.03. The number of hydrogen-bond acceptors (Lipinski definition) is 7. The fourth-order valence-electron chi connectivity index (χ4n) is 3.17. The standard InChI is InChI=1S/C25H26N4O4S/c1-16(2)12-23-28-29-24(31)13-19(27-25(29)34-23)14-32-21-10-6-18(7-11-21)26-22(30)15-33-20-8-4-17(3)5-9-20/h4-11,13,16H,12,14-15H2,1-3H3,(H,26,30). The molecule has 0 aliphatic carbocycles. The van der Waals surface area contributed by atoms with Crippen LogP contribution in [0.4, 0.5) is 5.69 Å². The predicted molar refractivity (Wildman–Crippen MR) is 132 cm³/mol. The molecule has 4 rings (SSSR count). The van der Waals surface area contributed by atoms with Crippen molar-refractivity contribution in [3.63, 3.8) is 0 Å². The summed E-state index contributed by atoms with van der Waals surface area (Å²) < 4.78 is 12.6. The monoisotopic (exact) mass is 478 g/mol. The first kappa shape index (κ1) is 23.4. The van der Waals surface area contributed by atoms with Gasteiger partial charge in [0, 0.05) is 18.2 Å². The lowest BCUT2D eigenvalue weighted by molar-refractivity contribution is -0.118. The summed E-state index contributed by atoms with van der Waals surface area (Å²) in [6.45, 7) is 6.28. The highest BCUT2D eigenvalue weighted by atomic mass is 32.1. The average Bonchev–Trinajstić information content (AvgIpc) is 3.20. The van der Waals surface area contributed by atoms with Crippen molar-refractivity contribution in [3.8, 4) is 11.5 Å². The lowest BCUT2D eigenvalue weighted by Gasteiger charge is -2.09. The van der Waals surface area contributed by atoms with Crippen molar-refractivity contribution in [2.24, 2.45) is 5.92 Å². The Kier molecular flexibility index (Phi) is 7.22. The molecule has 8 nitrogen and oxygen atoms in total. The number of anilines is 1. The van der Waals surface area contributed by atoms with Gasteiger partial charge in [-0.15, -0.1) is 0 Å². The molecule has 0 spiro atoms. The van der Waals surface area contributed by atoms with Crippen LogP contribution >= 0.6 is 11.3 Å². The topological polar surface area (TPSA) is 94.8 Å². The summed E-state index contributed by atoms with van der Waals surface area (Å²) in [4.78, 5) is 29.6. The number of amides is 1. The minimum absolute atomic E-state index is 0.0819. The Hall–Kier alpha value is -3.72. The van der Waals surface area contributed by atoms with E-state index in [1.54, 1.807) is 24.3 Å². The fraction of sp³-hybridized carbons (Fsp3) is 0.280. The van der Waals surface area contributed by atoms with Crippen LogP contribution in [-0.4, -0.2) is 27.1 Å². The van der Waals surface area contributed by atoms with Gasteiger partial charge in [-0.1, -0.05) is 42.9 Å². The van der Waals surface area contributed by atoms with E-state index in [1.807, 2.05) is 31.2 Å². The maximum Gasteiger partial charge on any atom is 0.275 e. The van der Waals surface area contributed by atoms with E-state index in [4.69, 9.17) is 9.47 Å². The Labute approximate surface area is 201 Å². The zero-order valence-corrected chi connectivity index (χ0v) is 20.1. The van der Waals surface area contributed by atoms with Gasteiger partial charge >= 0.3 is 0 Å². The molecule has 0 unspecified atom stereocenters. The van der Waals surface area contributed by atoms with E-state index >= 15 is 0 Å². The molecule has 2 heterocycles. The van der Waals surface area contributed by atoms with Crippen LogP contribution in [0.15, 0.2) is 59.4 Å². The molecule has 2 aromatic carbocycles. The Bertz CT molecular complexity index is 1330. The van der Waals surface area contributed by atoms with Gasteiger partial charge in [0.05, 0.1) is 5.69 Å². The lowest BCUT2D eigenvalue weighted by Crippen LogP contribution is -2.20. The Balaban J connectivity index is 1.31. The van der Waals surface area contributed by atoms with Crippen LogP contribution in [-0.2, 0) is 17.8 Å². The molecule has 0 aliphatic heterocycles. The number of fused-ring (bicyclic) bond motifs is 1. The van der Waals surface area contributed by atoms with Crippen LogP contribution in [0.1, 0.15) is 30.1 Å². The number of hydrogen-bond donors (Lipinski definition) is 1. The highest BCUT2D eigenvalue weighted by Gasteiger charge is 2.11. The highest BCUT2D eigenvalue weighted by molar-refractivity contribution is 7.16. The van der Waals surface area contributed by atoms with Gasteiger partial charge in [-0.3, -0.25) is 9.59 Å². The second-order valence-corrected chi connectivity index (χ2v) is 9.38. The third kappa shape index (κ3) is 6.20. The largest absolute Gasteiger partial charge is 0.487 e. The van der Waals surface area contributed by atoms with Gasteiger partial charge < -0.3 is 14.8 Å². The quantitative estimate of drug-likeness (QED) is 0.386. The van der Waals surface area contributed by atoms with Crippen molar-refractivity contribution in [1.82, 2.24) is 14.6 Å². The molecule has 1 amide bonds. The molecule has 1 N–H and O–H groups in total. The second kappa shape index (κ2) is 10.5. The van der Waals surface area contributed by atoms with Crippen molar-refractivity contribution in [2.45, 2.75) is 33.8 Å². The van der Waals surface area contributed by atoms with Crippen LogP contribution in [0.3, 0.4) is 0 Å². The molecule has 0 saturated heterocycles. The zero-order chi connectivity index (χ0) is 24.1. The Morgan fingerprint density at radius 3 is 2.44 bits per heavy atom. The number of rotatable bonds is 9. The van der Waals surface area contributed by atoms with Crippen molar-refractivity contribution in [1.29, 1.82) is 0 Å². The predicted octanol–water partition coefficient (Wildman–Crippen LogP) is 4.25. The van der Waals surface area contributed by atoms with Gasteiger partial charge in [0.15, 0.2) is 6.61 Å². The molecule has 0 fully saturated rings. The van der Waals surface area contributed by atoms with Crippen LogP contribution in [0.5, 0.6) is 11.5 Å². The number of carbonyl (C=O) groups is 1. The molecule has 0 aliphatic rings. The van der Waals surface area contributed by atoms with Crippen molar-refractivity contribution < 1.29 is 14.3 Å². The molecule has 4 aromatic rings. The molecule has 0 bridgehead atoms. The van der Waals surface area contributed by atoms with E-state index in [9.17, 15) is 9.59 Å². The van der Waals surface area contributed by atoms with E-state index < -0.39 is 0 Å². The number of aromatic nitrogens is 3. The van der Waals surface area contributed by atoms with Gasteiger partial charge in [0.2, 0.25) is 4.96 Å². The first-order valence-corrected chi connectivity index (χ1v) is 11.8. The molecule has 2 aromatic heterocycles. The van der Waals surface area contributed by atoms with E-state index in [0.29, 0.717) is 33.8 Å². The third-order valence-corrected chi connectivity index (χ3v) is 5.77. The first-order valence-electron chi connectivity index (χ1n) is 11.0. The van der Waals surface area contributed by atoms with E-state index in [0.717, 1.165) is 17.0 Å². The number of carbonyl (C=O) groups excluding carboxylic acids is 1. The smallest absolute Gasteiger partial charge is 0.275 e. The fourth-order valence-corrected chi connectivity index (χ4v) is 4.30. The maximum atomic E-state index is 12.4.